The van der Waals surface area contributed by atoms with Crippen molar-refractivity contribution in [3.05, 3.63) is 75.9 Å². The molecule has 0 amide bonds. The van der Waals surface area contributed by atoms with Gasteiger partial charge in [-0.25, -0.2) is 9.18 Å². The fraction of sp³-hybridized carbons (Fsp3) is 0.0625. The van der Waals surface area contributed by atoms with Crippen LogP contribution in [0.15, 0.2) is 53.1 Å². The van der Waals surface area contributed by atoms with E-state index in [2.05, 4.69) is 10.1 Å². The maximum absolute atomic E-state index is 12.9. The molecule has 126 valence electrons. The van der Waals surface area contributed by atoms with Crippen molar-refractivity contribution in [2.24, 2.45) is 0 Å². The Morgan fingerprint density at radius 3 is 2.72 bits per heavy atom. The minimum absolute atomic E-state index is 0.0347. The summed E-state index contributed by atoms with van der Waals surface area (Å²) in [7, 11) is 0. The van der Waals surface area contributed by atoms with Gasteiger partial charge >= 0.3 is 5.97 Å². The van der Waals surface area contributed by atoms with Crippen LogP contribution in [0.4, 0.5) is 10.1 Å². The lowest BCUT2D eigenvalue weighted by atomic mass is 10.2. The van der Waals surface area contributed by atoms with Gasteiger partial charge in [0.1, 0.15) is 5.82 Å². The maximum atomic E-state index is 12.9. The van der Waals surface area contributed by atoms with Crippen LogP contribution in [0, 0.1) is 15.9 Å². The van der Waals surface area contributed by atoms with E-state index in [-0.39, 0.29) is 29.6 Å². The third kappa shape index (κ3) is 3.83. The van der Waals surface area contributed by atoms with Crippen molar-refractivity contribution in [3.63, 3.8) is 0 Å². The van der Waals surface area contributed by atoms with Crippen LogP contribution in [-0.4, -0.2) is 21.0 Å². The Morgan fingerprint density at radius 1 is 1.24 bits per heavy atom. The molecule has 1 aromatic heterocycles. The number of aromatic nitrogens is 2. The van der Waals surface area contributed by atoms with Crippen LogP contribution in [0.2, 0.25) is 0 Å². The molecule has 8 nitrogen and oxygen atoms in total. The summed E-state index contributed by atoms with van der Waals surface area (Å²) in [4.78, 5) is 26.1. The first-order valence-corrected chi connectivity index (χ1v) is 7.03. The fourth-order valence-corrected chi connectivity index (χ4v) is 1.99. The largest absolute Gasteiger partial charge is 0.452 e. The molecule has 9 heteroatoms. The van der Waals surface area contributed by atoms with Crippen molar-refractivity contribution < 1.29 is 23.4 Å². The summed E-state index contributed by atoms with van der Waals surface area (Å²) >= 11 is 0. The third-order valence-corrected chi connectivity index (χ3v) is 3.19. The van der Waals surface area contributed by atoms with Gasteiger partial charge in [-0.3, -0.25) is 10.1 Å². The molecule has 0 saturated carbocycles. The number of non-ortho nitro benzene ring substituents is 1. The summed E-state index contributed by atoms with van der Waals surface area (Å²) in [5, 5.41) is 14.4. The van der Waals surface area contributed by atoms with Crippen LogP contribution >= 0.6 is 0 Å². The molecule has 0 unspecified atom stereocenters. The smallest absolute Gasteiger partial charge is 0.338 e. The highest BCUT2D eigenvalue weighted by Crippen LogP contribution is 2.17. The average molecular weight is 343 g/mol. The zero-order chi connectivity index (χ0) is 17.8. The van der Waals surface area contributed by atoms with E-state index in [0.29, 0.717) is 5.56 Å². The van der Waals surface area contributed by atoms with Gasteiger partial charge in [0, 0.05) is 17.7 Å². The first-order valence-electron chi connectivity index (χ1n) is 7.03. The molecule has 0 aliphatic rings. The number of rotatable bonds is 5. The van der Waals surface area contributed by atoms with E-state index in [4.69, 9.17) is 9.26 Å². The summed E-state index contributed by atoms with van der Waals surface area (Å²) in [6, 6.07) is 10.6. The lowest BCUT2D eigenvalue weighted by Gasteiger charge is -2.01. The van der Waals surface area contributed by atoms with Crippen LogP contribution in [-0.2, 0) is 11.3 Å². The Morgan fingerprint density at radius 2 is 2.00 bits per heavy atom. The molecule has 0 fully saturated rings. The highest BCUT2D eigenvalue weighted by Gasteiger charge is 2.15. The summed E-state index contributed by atoms with van der Waals surface area (Å²) in [6.07, 6.45) is 0. The standard InChI is InChI=1S/C16H10FN3O5/c17-12-6-4-10(5-7-12)15-18-14(25-19-15)9-24-16(21)11-2-1-3-13(8-11)20(22)23/h1-8H,9H2. The number of ether oxygens (including phenoxy) is 1. The van der Waals surface area contributed by atoms with Gasteiger partial charge < -0.3 is 9.26 Å². The molecule has 0 N–H and O–H groups in total. The monoisotopic (exact) mass is 343 g/mol. The number of hydrogen-bond acceptors (Lipinski definition) is 7. The first-order chi connectivity index (χ1) is 12.0. The van der Waals surface area contributed by atoms with Gasteiger partial charge in [-0.15, -0.1) is 0 Å². The number of carbonyl (C=O) groups is 1. The highest BCUT2D eigenvalue weighted by atomic mass is 19.1. The molecule has 3 aromatic rings. The van der Waals surface area contributed by atoms with Crippen LogP contribution < -0.4 is 0 Å². The second-order valence-electron chi connectivity index (χ2n) is 4.90. The van der Waals surface area contributed by atoms with Crippen molar-refractivity contribution in [2.45, 2.75) is 6.61 Å². The first kappa shape index (κ1) is 16.2. The number of benzene rings is 2. The second-order valence-corrected chi connectivity index (χ2v) is 4.90. The summed E-state index contributed by atoms with van der Waals surface area (Å²) in [5.41, 5.74) is 0.361. The minimum atomic E-state index is -0.759. The molecule has 25 heavy (non-hydrogen) atoms. The summed E-state index contributed by atoms with van der Waals surface area (Å²) in [6.45, 7) is -0.296. The molecule has 2 aromatic carbocycles. The molecular weight excluding hydrogens is 333 g/mol. The number of halogens is 1. The maximum Gasteiger partial charge on any atom is 0.338 e. The number of hydrogen-bond donors (Lipinski definition) is 0. The fourth-order valence-electron chi connectivity index (χ4n) is 1.99. The second kappa shape index (κ2) is 6.87. The van der Waals surface area contributed by atoms with E-state index in [9.17, 15) is 19.3 Å². The van der Waals surface area contributed by atoms with Crippen molar-refractivity contribution >= 4 is 11.7 Å². The van der Waals surface area contributed by atoms with Crippen LogP contribution in [0.1, 0.15) is 16.2 Å². The van der Waals surface area contributed by atoms with E-state index in [1.54, 1.807) is 0 Å². The quantitative estimate of drug-likeness (QED) is 0.398. The summed E-state index contributed by atoms with van der Waals surface area (Å²) in [5.74, 6) is -0.886. The van der Waals surface area contributed by atoms with Gasteiger partial charge in [-0.2, -0.15) is 4.98 Å². The van der Waals surface area contributed by atoms with E-state index < -0.39 is 16.7 Å². The van der Waals surface area contributed by atoms with Gasteiger partial charge in [-0.05, 0) is 30.3 Å². The third-order valence-electron chi connectivity index (χ3n) is 3.19. The van der Waals surface area contributed by atoms with Crippen molar-refractivity contribution in [1.29, 1.82) is 0 Å². The van der Waals surface area contributed by atoms with Gasteiger partial charge in [0.15, 0.2) is 6.61 Å². The van der Waals surface area contributed by atoms with Crippen molar-refractivity contribution in [2.75, 3.05) is 0 Å². The molecule has 0 spiro atoms. The van der Waals surface area contributed by atoms with Crippen LogP contribution in [0.5, 0.6) is 0 Å². The Labute approximate surface area is 140 Å². The average Bonchev–Trinajstić information content (AvgIpc) is 3.09. The van der Waals surface area contributed by atoms with Crippen molar-refractivity contribution in [3.8, 4) is 11.4 Å². The minimum Gasteiger partial charge on any atom is -0.452 e. The Balaban J connectivity index is 1.66. The molecule has 3 rings (SSSR count). The van der Waals surface area contributed by atoms with Gasteiger partial charge in [0.05, 0.1) is 10.5 Å². The molecule has 1 heterocycles. The zero-order valence-electron chi connectivity index (χ0n) is 12.6. The van der Waals surface area contributed by atoms with E-state index in [1.807, 2.05) is 0 Å². The van der Waals surface area contributed by atoms with E-state index in [1.165, 1.54) is 42.5 Å². The van der Waals surface area contributed by atoms with Gasteiger partial charge in [0.2, 0.25) is 5.82 Å². The Kier molecular flexibility index (Phi) is 4.46. The molecule has 0 radical (unpaired) electrons. The topological polar surface area (TPSA) is 108 Å². The number of nitro benzene ring substituents is 1. The molecule has 0 aliphatic heterocycles. The number of esters is 1. The summed E-state index contributed by atoms with van der Waals surface area (Å²) < 4.78 is 22.8. The van der Waals surface area contributed by atoms with Gasteiger partial charge in [0.25, 0.3) is 11.6 Å². The molecule has 0 bridgehead atoms. The van der Waals surface area contributed by atoms with Crippen molar-refractivity contribution in [1.82, 2.24) is 10.1 Å². The number of nitro groups is 1. The zero-order valence-corrected chi connectivity index (χ0v) is 12.6. The van der Waals surface area contributed by atoms with Crippen LogP contribution in [0.3, 0.4) is 0 Å². The Hall–Kier alpha value is -3.62. The normalized spacial score (nSPS) is 10.4. The SMILES string of the molecule is O=C(OCc1nc(-c2ccc(F)cc2)no1)c1cccc([N+](=O)[O-])c1. The van der Waals surface area contributed by atoms with E-state index in [0.717, 1.165) is 6.07 Å². The predicted molar refractivity (Wildman–Crippen MR) is 81.9 cm³/mol. The van der Waals surface area contributed by atoms with Gasteiger partial charge in [-0.1, -0.05) is 11.2 Å². The highest BCUT2D eigenvalue weighted by molar-refractivity contribution is 5.90. The van der Waals surface area contributed by atoms with E-state index >= 15 is 0 Å². The molecule has 0 atom stereocenters. The Bertz CT molecular complexity index is 924. The lowest BCUT2D eigenvalue weighted by Crippen LogP contribution is -2.06. The molecule has 0 aliphatic carbocycles. The molecule has 0 saturated heterocycles. The van der Waals surface area contributed by atoms with Crippen LogP contribution in [0.25, 0.3) is 11.4 Å². The number of carbonyl (C=O) groups excluding carboxylic acids is 1. The predicted octanol–water partition coefficient (Wildman–Crippen LogP) is 3.14. The molecular formula is C16H10FN3O5. The number of nitrogens with zero attached hydrogens (tertiary/aromatic N) is 3. The lowest BCUT2D eigenvalue weighted by molar-refractivity contribution is -0.384.